The lowest BCUT2D eigenvalue weighted by Crippen LogP contribution is -2.49. The lowest BCUT2D eigenvalue weighted by molar-refractivity contribution is -0.138. The van der Waals surface area contributed by atoms with Crippen molar-refractivity contribution in [2.45, 2.75) is 57.5 Å². The van der Waals surface area contributed by atoms with Crippen LogP contribution in [0.3, 0.4) is 0 Å². The predicted molar refractivity (Wildman–Crippen MR) is 154 cm³/mol. The van der Waals surface area contributed by atoms with E-state index in [2.05, 4.69) is 5.32 Å². The van der Waals surface area contributed by atoms with Crippen LogP contribution in [0, 0.1) is 0 Å². The van der Waals surface area contributed by atoms with Gasteiger partial charge >= 0.3 is 12.3 Å². The maximum Gasteiger partial charge on any atom is 0.416 e. The Labute approximate surface area is 253 Å². The Kier molecular flexibility index (Phi) is 10.3. The molecule has 0 unspecified atom stereocenters. The Hall–Kier alpha value is -2.74. The number of nitrogen functional groups attached to an aromatic ring is 1. The summed E-state index contributed by atoms with van der Waals surface area (Å²) in [6.45, 7) is 7.34. The molecule has 0 bridgehead atoms. The maximum absolute atomic E-state index is 14.1. The molecule has 232 valence electrons. The van der Waals surface area contributed by atoms with E-state index in [1.54, 1.807) is 25.7 Å². The standard InChI is InChI=1S/C27H33Cl2F3N4O5S/c1-5-42(39,40)23-16(10-18(28)12-21(23)29)14-34-24(37)19-13-20(27(30,31)32)17(11-22(19)33)15-35-6-8-36(9-7-35)25(38)41-26(2,3)4/h10-13H,5-9,14-15,33H2,1-4H3,(H,34,37). The fraction of sp³-hybridized carbons (Fsp3) is 0.481. The van der Waals surface area contributed by atoms with E-state index in [1.165, 1.54) is 24.0 Å². The number of alkyl halides is 3. The fourth-order valence-corrected chi connectivity index (χ4v) is 6.48. The largest absolute Gasteiger partial charge is 0.444 e. The van der Waals surface area contributed by atoms with E-state index in [4.69, 9.17) is 33.7 Å². The van der Waals surface area contributed by atoms with Gasteiger partial charge in [0.15, 0.2) is 9.84 Å². The molecule has 1 aliphatic rings. The van der Waals surface area contributed by atoms with Crippen molar-refractivity contribution in [3.63, 3.8) is 0 Å². The highest BCUT2D eigenvalue weighted by Crippen LogP contribution is 2.36. The molecule has 15 heteroatoms. The number of carbonyl (C=O) groups is 2. The van der Waals surface area contributed by atoms with Crippen LogP contribution in [0.5, 0.6) is 0 Å². The van der Waals surface area contributed by atoms with E-state index >= 15 is 0 Å². The zero-order chi connectivity index (χ0) is 31.6. The van der Waals surface area contributed by atoms with Crippen molar-refractivity contribution in [1.29, 1.82) is 0 Å². The molecule has 42 heavy (non-hydrogen) atoms. The van der Waals surface area contributed by atoms with Crippen LogP contribution in [0.4, 0.5) is 23.7 Å². The van der Waals surface area contributed by atoms with Gasteiger partial charge in [-0.15, -0.1) is 0 Å². The van der Waals surface area contributed by atoms with Gasteiger partial charge in [0.2, 0.25) is 0 Å². The molecular formula is C27H33Cl2F3N4O5S. The van der Waals surface area contributed by atoms with Crippen molar-refractivity contribution < 1.29 is 35.9 Å². The van der Waals surface area contributed by atoms with Gasteiger partial charge < -0.3 is 20.7 Å². The van der Waals surface area contributed by atoms with Gasteiger partial charge in [0.1, 0.15) is 5.60 Å². The summed E-state index contributed by atoms with van der Waals surface area (Å²) < 4.78 is 72.8. The van der Waals surface area contributed by atoms with Crippen molar-refractivity contribution in [1.82, 2.24) is 15.1 Å². The molecule has 0 aliphatic carbocycles. The number of benzene rings is 2. The third kappa shape index (κ3) is 8.42. The highest BCUT2D eigenvalue weighted by Gasteiger charge is 2.36. The molecule has 1 heterocycles. The number of amides is 2. The smallest absolute Gasteiger partial charge is 0.416 e. The minimum Gasteiger partial charge on any atom is -0.444 e. The maximum atomic E-state index is 14.1. The van der Waals surface area contributed by atoms with Crippen LogP contribution in [-0.2, 0) is 33.8 Å². The summed E-state index contributed by atoms with van der Waals surface area (Å²) in [7, 11) is -3.81. The lowest BCUT2D eigenvalue weighted by Gasteiger charge is -2.36. The van der Waals surface area contributed by atoms with Gasteiger partial charge in [-0.1, -0.05) is 30.1 Å². The predicted octanol–water partition coefficient (Wildman–Crippen LogP) is 5.37. The minimum atomic E-state index is -4.79. The molecule has 0 atom stereocenters. The van der Waals surface area contributed by atoms with Crippen molar-refractivity contribution in [3.05, 3.63) is 56.6 Å². The molecule has 1 aliphatic heterocycles. The summed E-state index contributed by atoms with van der Waals surface area (Å²) in [6, 6.07) is 4.36. The molecule has 9 nitrogen and oxygen atoms in total. The van der Waals surface area contributed by atoms with Crippen LogP contribution in [0.25, 0.3) is 0 Å². The molecule has 0 saturated carbocycles. The quantitative estimate of drug-likeness (QED) is 0.386. The van der Waals surface area contributed by atoms with E-state index in [0.717, 1.165) is 6.07 Å². The third-order valence-corrected chi connectivity index (χ3v) is 8.95. The second-order valence-electron chi connectivity index (χ2n) is 10.8. The molecule has 2 aromatic carbocycles. The van der Waals surface area contributed by atoms with Crippen LogP contribution < -0.4 is 11.1 Å². The van der Waals surface area contributed by atoms with Gasteiger partial charge in [0.25, 0.3) is 5.91 Å². The van der Waals surface area contributed by atoms with Crippen LogP contribution in [0.2, 0.25) is 10.0 Å². The first kappa shape index (κ1) is 33.8. The molecule has 2 aromatic rings. The number of sulfone groups is 1. The first-order chi connectivity index (χ1) is 19.3. The average molecular weight is 654 g/mol. The fourth-order valence-electron chi connectivity index (χ4n) is 4.42. The number of hydrogen-bond donors (Lipinski definition) is 2. The molecule has 0 aromatic heterocycles. The molecule has 3 rings (SSSR count). The zero-order valence-corrected chi connectivity index (χ0v) is 25.9. The number of piperazine rings is 1. The van der Waals surface area contributed by atoms with E-state index in [9.17, 15) is 31.2 Å². The number of rotatable bonds is 7. The molecule has 3 N–H and O–H groups in total. The van der Waals surface area contributed by atoms with Crippen molar-refractivity contribution in [3.8, 4) is 0 Å². The van der Waals surface area contributed by atoms with Crippen LogP contribution >= 0.6 is 23.2 Å². The number of halogens is 5. The van der Waals surface area contributed by atoms with Crippen LogP contribution in [-0.4, -0.2) is 67.8 Å². The Balaban J connectivity index is 1.80. The summed E-state index contributed by atoms with van der Waals surface area (Å²) in [6.07, 6.45) is -5.28. The van der Waals surface area contributed by atoms with Gasteiger partial charge in [0.05, 0.1) is 26.8 Å². The molecule has 1 saturated heterocycles. The normalized spacial score (nSPS) is 15.0. The average Bonchev–Trinajstić information content (AvgIpc) is 2.85. The number of nitrogens with zero attached hydrogens (tertiary/aromatic N) is 2. The van der Waals surface area contributed by atoms with Gasteiger partial charge in [-0.25, -0.2) is 13.2 Å². The minimum absolute atomic E-state index is 0.0828. The summed E-state index contributed by atoms with van der Waals surface area (Å²) >= 11 is 12.1. The lowest BCUT2D eigenvalue weighted by atomic mass is 10.00. The number of hydrogen-bond acceptors (Lipinski definition) is 7. The number of anilines is 1. The van der Waals surface area contributed by atoms with E-state index < -0.39 is 44.7 Å². The van der Waals surface area contributed by atoms with E-state index in [0.29, 0.717) is 19.2 Å². The number of nitrogens with one attached hydrogen (secondary N) is 1. The highest BCUT2D eigenvalue weighted by molar-refractivity contribution is 7.91. The summed E-state index contributed by atoms with van der Waals surface area (Å²) in [4.78, 5) is 28.3. The molecular weight excluding hydrogens is 620 g/mol. The molecule has 0 spiro atoms. The number of ether oxygens (including phenoxy) is 1. The van der Waals surface area contributed by atoms with Crippen molar-refractivity contribution in [2.24, 2.45) is 0 Å². The topological polar surface area (TPSA) is 122 Å². The van der Waals surface area contributed by atoms with Crippen molar-refractivity contribution >= 4 is 50.7 Å². The van der Waals surface area contributed by atoms with Gasteiger partial charge in [-0.05, 0) is 56.2 Å². The monoisotopic (exact) mass is 652 g/mol. The van der Waals surface area contributed by atoms with Gasteiger partial charge in [-0.3, -0.25) is 9.69 Å². The van der Waals surface area contributed by atoms with E-state index in [-0.39, 0.29) is 63.7 Å². The van der Waals surface area contributed by atoms with Crippen LogP contribution in [0.1, 0.15) is 54.7 Å². The third-order valence-electron chi connectivity index (χ3n) is 6.46. The molecule has 2 amide bonds. The van der Waals surface area contributed by atoms with Crippen molar-refractivity contribution in [2.75, 3.05) is 37.7 Å². The Bertz CT molecular complexity index is 1460. The second-order valence-corrected chi connectivity index (χ2v) is 13.9. The number of carbonyl (C=O) groups excluding carboxylic acids is 2. The first-order valence-corrected chi connectivity index (χ1v) is 15.4. The summed E-state index contributed by atoms with van der Waals surface area (Å²) in [5.41, 5.74) is 3.69. The van der Waals surface area contributed by atoms with Gasteiger partial charge in [-0.2, -0.15) is 13.2 Å². The van der Waals surface area contributed by atoms with Gasteiger partial charge in [0, 0.05) is 50.0 Å². The molecule has 0 radical (unpaired) electrons. The summed E-state index contributed by atoms with van der Waals surface area (Å²) in [5.74, 6) is -1.21. The Morgan fingerprint density at radius 2 is 1.64 bits per heavy atom. The summed E-state index contributed by atoms with van der Waals surface area (Å²) in [5, 5.41) is 2.41. The van der Waals surface area contributed by atoms with Crippen LogP contribution in [0.15, 0.2) is 29.2 Å². The second kappa shape index (κ2) is 12.9. The number of nitrogens with two attached hydrogens (primary N) is 1. The zero-order valence-electron chi connectivity index (χ0n) is 23.6. The molecule has 1 fully saturated rings. The highest BCUT2D eigenvalue weighted by atomic mass is 35.5. The first-order valence-electron chi connectivity index (χ1n) is 13.0. The Morgan fingerprint density at radius 1 is 1.02 bits per heavy atom. The van der Waals surface area contributed by atoms with E-state index in [1.807, 2.05) is 0 Å². The Morgan fingerprint density at radius 3 is 2.19 bits per heavy atom. The SMILES string of the molecule is CCS(=O)(=O)c1c(Cl)cc(Cl)cc1CNC(=O)c1cc(C(F)(F)F)c(CN2CCN(C(=O)OC(C)(C)C)CC2)cc1N.